The van der Waals surface area contributed by atoms with Gasteiger partial charge in [0.25, 0.3) is 0 Å². The van der Waals surface area contributed by atoms with Crippen LogP contribution in [-0.2, 0) is 14.6 Å². The lowest BCUT2D eigenvalue weighted by molar-refractivity contribution is 0.121. The van der Waals surface area contributed by atoms with Crippen LogP contribution in [0.25, 0.3) is 0 Å². The second-order valence-corrected chi connectivity index (χ2v) is 9.72. The van der Waals surface area contributed by atoms with Crippen molar-refractivity contribution in [2.75, 3.05) is 13.2 Å². The van der Waals surface area contributed by atoms with Crippen molar-refractivity contribution in [2.45, 2.75) is 36.8 Å². The van der Waals surface area contributed by atoms with E-state index in [-0.39, 0.29) is 17.5 Å². The van der Waals surface area contributed by atoms with Crippen LogP contribution in [0.4, 0.5) is 0 Å². The number of thiocarbonyl (C=S) groups is 1. The maximum atomic E-state index is 13.5. The fourth-order valence-corrected chi connectivity index (χ4v) is 6.56. The summed E-state index contributed by atoms with van der Waals surface area (Å²) in [6, 6.07) is 14.8. The normalized spacial score (nSPS) is 24.6. The summed E-state index contributed by atoms with van der Waals surface area (Å²) in [6.07, 6.45) is 0. The molecule has 27 heavy (non-hydrogen) atoms. The summed E-state index contributed by atoms with van der Waals surface area (Å²) < 4.78 is 32.6. The molecule has 2 N–H and O–H groups in total. The van der Waals surface area contributed by atoms with Crippen molar-refractivity contribution in [3.05, 3.63) is 65.2 Å². The molecular formula is C21H25NO3S2. The zero-order valence-corrected chi connectivity index (χ0v) is 17.4. The van der Waals surface area contributed by atoms with E-state index in [0.717, 1.165) is 16.7 Å². The largest absolute Gasteiger partial charge is 0.393 e. The molecule has 0 aromatic heterocycles. The molecule has 6 heteroatoms. The monoisotopic (exact) mass is 403 g/mol. The van der Waals surface area contributed by atoms with Crippen molar-refractivity contribution in [1.82, 2.24) is 0 Å². The van der Waals surface area contributed by atoms with Crippen molar-refractivity contribution >= 4 is 27.0 Å². The van der Waals surface area contributed by atoms with E-state index in [4.69, 9.17) is 22.7 Å². The second kappa shape index (κ2) is 7.34. The summed E-state index contributed by atoms with van der Waals surface area (Å²) in [5.41, 5.74) is 8.27. The molecule has 0 aliphatic heterocycles. The molecule has 0 amide bonds. The summed E-state index contributed by atoms with van der Waals surface area (Å²) in [5, 5.41) is -0.723. The Morgan fingerprint density at radius 1 is 1.07 bits per heavy atom. The van der Waals surface area contributed by atoms with E-state index in [1.165, 1.54) is 0 Å². The molecular weight excluding hydrogens is 378 g/mol. The third kappa shape index (κ3) is 3.42. The molecule has 3 atom stereocenters. The fourth-order valence-electron chi connectivity index (χ4n) is 3.79. The van der Waals surface area contributed by atoms with Crippen molar-refractivity contribution < 1.29 is 13.2 Å². The highest BCUT2D eigenvalue weighted by Crippen LogP contribution is 2.64. The molecule has 144 valence electrons. The van der Waals surface area contributed by atoms with Gasteiger partial charge in [0, 0.05) is 12.5 Å². The minimum absolute atomic E-state index is 0.196. The van der Waals surface area contributed by atoms with Gasteiger partial charge in [-0.05, 0) is 38.5 Å². The van der Waals surface area contributed by atoms with Gasteiger partial charge in [-0.25, -0.2) is 8.42 Å². The van der Waals surface area contributed by atoms with Crippen molar-refractivity contribution in [1.29, 1.82) is 0 Å². The van der Waals surface area contributed by atoms with E-state index in [0.29, 0.717) is 11.5 Å². The first-order valence-corrected chi connectivity index (χ1v) is 11.0. The quantitative estimate of drug-likeness (QED) is 0.716. The molecule has 2 aromatic rings. The van der Waals surface area contributed by atoms with Gasteiger partial charge in [-0.3, -0.25) is 0 Å². The van der Waals surface area contributed by atoms with E-state index in [2.05, 4.69) is 0 Å². The van der Waals surface area contributed by atoms with E-state index >= 15 is 0 Å². The van der Waals surface area contributed by atoms with Gasteiger partial charge in [-0.1, -0.05) is 59.7 Å². The maximum Gasteiger partial charge on any atom is 0.182 e. The van der Waals surface area contributed by atoms with Gasteiger partial charge >= 0.3 is 0 Å². The summed E-state index contributed by atoms with van der Waals surface area (Å²) in [7, 11) is -3.62. The van der Waals surface area contributed by atoms with Crippen LogP contribution in [0.15, 0.2) is 53.4 Å². The number of nitrogens with two attached hydrogens (primary N) is 1. The number of hydrogen-bond acceptors (Lipinski definition) is 4. The molecule has 1 fully saturated rings. The van der Waals surface area contributed by atoms with Crippen LogP contribution in [0.1, 0.15) is 29.5 Å². The van der Waals surface area contributed by atoms with Crippen LogP contribution < -0.4 is 5.73 Å². The van der Waals surface area contributed by atoms with E-state index in [1.54, 1.807) is 24.3 Å². The Hall–Kier alpha value is -1.76. The SMILES string of the molecule is CCOC[C@]1(C(N)=S)[C@H](c2ccc(C)cc2)[C@@H]1S(=O)(=O)c1ccc(C)cc1. The number of sulfone groups is 1. The van der Waals surface area contributed by atoms with Gasteiger partial charge in [-0.2, -0.15) is 0 Å². The van der Waals surface area contributed by atoms with E-state index in [1.807, 2.05) is 45.0 Å². The first-order valence-electron chi connectivity index (χ1n) is 9.00. The minimum atomic E-state index is -3.62. The van der Waals surface area contributed by atoms with Crippen LogP contribution in [0.2, 0.25) is 0 Å². The van der Waals surface area contributed by atoms with Crippen molar-refractivity contribution in [3.63, 3.8) is 0 Å². The molecule has 0 bridgehead atoms. The third-order valence-electron chi connectivity index (χ3n) is 5.38. The highest BCUT2D eigenvalue weighted by Gasteiger charge is 2.73. The number of rotatable bonds is 7. The fraction of sp³-hybridized carbons (Fsp3) is 0.381. The predicted octanol–water partition coefficient (Wildman–Crippen LogP) is 3.55. The highest BCUT2D eigenvalue weighted by molar-refractivity contribution is 7.92. The molecule has 0 radical (unpaired) electrons. The summed E-state index contributed by atoms with van der Waals surface area (Å²) in [6.45, 7) is 6.48. The molecule has 1 saturated carbocycles. The second-order valence-electron chi connectivity index (χ2n) is 7.21. The lowest BCUT2D eigenvalue weighted by Gasteiger charge is -2.17. The van der Waals surface area contributed by atoms with Crippen molar-refractivity contribution in [2.24, 2.45) is 11.1 Å². The molecule has 0 heterocycles. The molecule has 0 unspecified atom stereocenters. The molecule has 0 spiro atoms. The Labute approximate surface area is 166 Å². The highest BCUT2D eigenvalue weighted by atomic mass is 32.2. The van der Waals surface area contributed by atoms with Gasteiger partial charge in [0.2, 0.25) is 0 Å². The van der Waals surface area contributed by atoms with E-state index < -0.39 is 20.5 Å². The molecule has 0 saturated heterocycles. The van der Waals surface area contributed by atoms with Crippen molar-refractivity contribution in [3.8, 4) is 0 Å². The Balaban J connectivity index is 2.10. The van der Waals surface area contributed by atoms with Gasteiger partial charge in [-0.15, -0.1) is 0 Å². The van der Waals surface area contributed by atoms with Crippen LogP contribution in [0, 0.1) is 19.3 Å². The zero-order valence-electron chi connectivity index (χ0n) is 15.8. The topological polar surface area (TPSA) is 69.4 Å². The summed E-state index contributed by atoms with van der Waals surface area (Å²) in [5.74, 6) is -0.312. The molecule has 3 rings (SSSR count). The Morgan fingerprint density at radius 2 is 1.59 bits per heavy atom. The van der Waals surface area contributed by atoms with E-state index in [9.17, 15) is 8.42 Å². The Morgan fingerprint density at radius 3 is 2.07 bits per heavy atom. The molecule has 1 aliphatic rings. The van der Waals surface area contributed by atoms with Gasteiger partial charge in [0.15, 0.2) is 9.84 Å². The average Bonchev–Trinajstić information content (AvgIpc) is 3.32. The van der Waals surface area contributed by atoms with Gasteiger partial charge < -0.3 is 10.5 Å². The lowest BCUT2D eigenvalue weighted by Crippen LogP contribution is -2.33. The molecule has 4 nitrogen and oxygen atoms in total. The smallest absolute Gasteiger partial charge is 0.182 e. The number of hydrogen-bond donors (Lipinski definition) is 1. The van der Waals surface area contributed by atoms with Crippen LogP contribution in [-0.4, -0.2) is 31.9 Å². The minimum Gasteiger partial charge on any atom is -0.393 e. The summed E-state index contributed by atoms with van der Waals surface area (Å²) >= 11 is 5.36. The number of ether oxygens (including phenoxy) is 1. The van der Waals surface area contributed by atoms with Gasteiger partial charge in [0.1, 0.15) is 0 Å². The Bertz CT molecular complexity index is 936. The van der Waals surface area contributed by atoms with Crippen LogP contribution in [0.3, 0.4) is 0 Å². The molecule has 2 aromatic carbocycles. The third-order valence-corrected chi connectivity index (χ3v) is 8.05. The van der Waals surface area contributed by atoms with Crippen LogP contribution in [0.5, 0.6) is 0 Å². The lowest BCUT2D eigenvalue weighted by atomic mass is 9.99. The predicted molar refractivity (Wildman–Crippen MR) is 112 cm³/mol. The van der Waals surface area contributed by atoms with Gasteiger partial charge in [0.05, 0.1) is 27.2 Å². The van der Waals surface area contributed by atoms with Crippen LogP contribution >= 0.6 is 12.2 Å². The molecule has 1 aliphatic carbocycles. The summed E-state index contributed by atoms with van der Waals surface area (Å²) in [4.78, 5) is 0.493. The Kier molecular flexibility index (Phi) is 5.43. The standard InChI is InChI=1S/C21H25NO3S2/c1-4-25-13-21(20(22)26)18(16-9-5-14(2)6-10-16)19(21)27(23,24)17-11-7-15(3)8-12-17/h5-12,18-19H,4,13H2,1-3H3,(H2,22,26)/t18-,19+,21+/m1/s1. The zero-order chi connectivity index (χ0) is 19.8. The number of aryl methyl sites for hydroxylation is 2. The average molecular weight is 404 g/mol. The first-order chi connectivity index (χ1) is 12.7. The maximum absolute atomic E-state index is 13.5. The number of benzene rings is 2. The first kappa shape index (κ1) is 20.0.